The smallest absolute Gasteiger partial charge is 0.364 e. The number of ether oxygens (including phenoxy) is 1. The molecular formula is C11H18N2O10. The van der Waals surface area contributed by atoms with E-state index in [1.54, 1.807) is 0 Å². The Labute approximate surface area is 129 Å². The lowest BCUT2D eigenvalue weighted by atomic mass is 9.87. The van der Waals surface area contributed by atoms with Crippen LogP contribution in [0.4, 0.5) is 0 Å². The molecule has 1 aliphatic rings. The Kier molecular flexibility index (Phi) is 5.96. The third-order valence-electron chi connectivity index (χ3n) is 3.48. The van der Waals surface area contributed by atoms with Gasteiger partial charge in [-0.25, -0.2) is 4.79 Å². The number of aliphatic hydroxyl groups excluding tert-OH is 3. The van der Waals surface area contributed by atoms with Gasteiger partial charge in [-0.3, -0.25) is 14.9 Å². The van der Waals surface area contributed by atoms with E-state index < -0.39 is 66.0 Å². The molecule has 1 unspecified atom stereocenters. The number of nitrogens with zero attached hydrogens (tertiary/aromatic N) is 1. The Bertz CT molecular complexity index is 485. The van der Waals surface area contributed by atoms with Crippen LogP contribution in [-0.2, 0) is 14.3 Å². The average molecular weight is 338 g/mol. The minimum Gasteiger partial charge on any atom is -0.477 e. The largest absolute Gasteiger partial charge is 0.477 e. The topological polar surface area (TPSA) is 200 Å². The summed E-state index contributed by atoms with van der Waals surface area (Å²) in [5, 5.41) is 60.4. The molecule has 1 heterocycles. The molecule has 0 radical (unpaired) electrons. The van der Waals surface area contributed by atoms with Gasteiger partial charge in [0.1, 0.15) is 24.4 Å². The van der Waals surface area contributed by atoms with Crippen LogP contribution >= 0.6 is 0 Å². The van der Waals surface area contributed by atoms with Gasteiger partial charge in [0.05, 0.1) is 13.0 Å². The normalized spacial score (nSPS) is 33.5. The Balaban J connectivity index is 3.27. The minimum atomic E-state index is -2.99. The zero-order valence-corrected chi connectivity index (χ0v) is 12.0. The van der Waals surface area contributed by atoms with Crippen molar-refractivity contribution in [3.63, 3.8) is 0 Å². The van der Waals surface area contributed by atoms with Crippen LogP contribution in [0.15, 0.2) is 0 Å². The first-order valence-corrected chi connectivity index (χ1v) is 6.54. The molecular weight excluding hydrogens is 320 g/mol. The molecule has 6 atom stereocenters. The van der Waals surface area contributed by atoms with Gasteiger partial charge in [-0.05, 0) is 0 Å². The van der Waals surface area contributed by atoms with Crippen molar-refractivity contribution in [3.05, 3.63) is 10.1 Å². The van der Waals surface area contributed by atoms with Crippen LogP contribution in [-0.4, -0.2) is 85.1 Å². The second kappa shape index (κ2) is 7.14. The van der Waals surface area contributed by atoms with Crippen molar-refractivity contribution >= 4 is 11.9 Å². The number of amides is 1. The van der Waals surface area contributed by atoms with Gasteiger partial charge in [-0.1, -0.05) is 0 Å². The van der Waals surface area contributed by atoms with Crippen LogP contribution in [0.3, 0.4) is 0 Å². The van der Waals surface area contributed by atoms with Crippen molar-refractivity contribution in [3.8, 4) is 0 Å². The Morgan fingerprint density at radius 3 is 2.43 bits per heavy atom. The molecule has 1 fully saturated rings. The van der Waals surface area contributed by atoms with Gasteiger partial charge in [0, 0.05) is 11.8 Å². The molecule has 1 saturated heterocycles. The second-order valence-corrected chi connectivity index (χ2v) is 5.20. The van der Waals surface area contributed by atoms with Crippen LogP contribution in [0.25, 0.3) is 0 Å². The highest BCUT2D eigenvalue weighted by Gasteiger charge is 2.58. The molecule has 23 heavy (non-hydrogen) atoms. The highest BCUT2D eigenvalue weighted by atomic mass is 16.7. The first-order valence-electron chi connectivity index (χ1n) is 6.54. The molecule has 12 nitrogen and oxygen atoms in total. The number of carbonyl (C=O) groups excluding carboxylic acids is 1. The van der Waals surface area contributed by atoms with E-state index in [0.29, 0.717) is 0 Å². The molecule has 1 aliphatic heterocycles. The van der Waals surface area contributed by atoms with Gasteiger partial charge in [0.25, 0.3) is 5.79 Å². The Hall–Kier alpha value is -1.86. The number of aliphatic carboxylic acids is 1. The van der Waals surface area contributed by atoms with E-state index in [1.807, 2.05) is 0 Å². The summed E-state index contributed by atoms with van der Waals surface area (Å²) in [7, 11) is 0. The molecule has 132 valence electrons. The maximum absolute atomic E-state index is 11.2. The van der Waals surface area contributed by atoms with Crippen LogP contribution in [0.2, 0.25) is 0 Å². The summed E-state index contributed by atoms with van der Waals surface area (Å²) in [6.45, 7) is 0.0728. The molecule has 0 spiro atoms. The number of carboxylic acids is 1. The van der Waals surface area contributed by atoms with Gasteiger partial charge in [-0.2, -0.15) is 0 Å². The van der Waals surface area contributed by atoms with Crippen LogP contribution in [0.5, 0.6) is 0 Å². The predicted octanol–water partition coefficient (Wildman–Crippen LogP) is -3.59. The highest BCUT2D eigenvalue weighted by Crippen LogP contribution is 2.31. The third-order valence-corrected chi connectivity index (χ3v) is 3.48. The number of hydrogen-bond donors (Lipinski definition) is 6. The van der Waals surface area contributed by atoms with E-state index in [9.17, 15) is 35.0 Å². The van der Waals surface area contributed by atoms with Crippen molar-refractivity contribution < 1.29 is 44.8 Å². The lowest BCUT2D eigenvalue weighted by molar-refractivity contribution is -0.545. The summed E-state index contributed by atoms with van der Waals surface area (Å²) in [6.07, 6.45) is -6.66. The number of hydrogen-bond acceptors (Lipinski definition) is 9. The number of carbonyl (C=O) groups is 2. The SMILES string of the molecule is CC(=O)N[C@H]1C([C@H](O)[C@H](O)CO)O[C@](O)(C(=O)O)C[C@H]1[N+](=O)[O-]. The summed E-state index contributed by atoms with van der Waals surface area (Å²) >= 11 is 0. The fourth-order valence-corrected chi connectivity index (χ4v) is 2.34. The molecule has 1 rings (SSSR count). The molecule has 0 bridgehead atoms. The van der Waals surface area contributed by atoms with Crippen molar-refractivity contribution in [1.29, 1.82) is 0 Å². The number of carboxylic acid groups (broad SMARTS) is 1. The van der Waals surface area contributed by atoms with E-state index in [2.05, 4.69) is 5.32 Å². The van der Waals surface area contributed by atoms with E-state index in [1.165, 1.54) is 0 Å². The molecule has 0 aromatic carbocycles. The van der Waals surface area contributed by atoms with E-state index in [4.69, 9.17) is 14.9 Å². The minimum absolute atomic E-state index is 0.734. The summed E-state index contributed by atoms with van der Waals surface area (Å²) in [6, 6.07) is -3.34. The maximum Gasteiger partial charge on any atom is 0.364 e. The van der Waals surface area contributed by atoms with Crippen LogP contribution in [0, 0.1) is 10.1 Å². The van der Waals surface area contributed by atoms with Crippen LogP contribution < -0.4 is 5.32 Å². The zero-order valence-electron chi connectivity index (χ0n) is 12.0. The van der Waals surface area contributed by atoms with Gasteiger partial charge in [0.15, 0.2) is 0 Å². The first-order chi connectivity index (χ1) is 10.5. The van der Waals surface area contributed by atoms with Gasteiger partial charge in [-0.15, -0.1) is 0 Å². The average Bonchev–Trinajstić information content (AvgIpc) is 2.46. The number of rotatable bonds is 6. The second-order valence-electron chi connectivity index (χ2n) is 5.20. The Morgan fingerprint density at radius 1 is 1.48 bits per heavy atom. The zero-order chi connectivity index (χ0) is 17.9. The quantitative estimate of drug-likeness (QED) is 0.208. The molecule has 6 N–H and O–H groups in total. The molecule has 0 aromatic rings. The van der Waals surface area contributed by atoms with Crippen molar-refractivity contribution in [2.45, 2.75) is 49.5 Å². The monoisotopic (exact) mass is 338 g/mol. The summed E-state index contributed by atoms with van der Waals surface area (Å²) < 4.78 is 4.83. The molecule has 0 aromatic heterocycles. The predicted molar refractivity (Wildman–Crippen MR) is 69.6 cm³/mol. The molecule has 12 heteroatoms. The van der Waals surface area contributed by atoms with Crippen molar-refractivity contribution in [1.82, 2.24) is 5.32 Å². The number of nitro groups is 1. The Morgan fingerprint density at radius 2 is 2.04 bits per heavy atom. The standard InChI is InChI=1S/C11H18N2O10/c1-4(15)12-7-5(13(21)22)2-11(20,10(18)19)23-9(7)8(17)6(16)3-14/h5-9,14,16-17,20H,2-3H2,1H3,(H,12,15)(H,18,19)/t5-,6-,7-,8-,9?,11+/m1/s1. The van der Waals surface area contributed by atoms with Gasteiger partial charge in [0.2, 0.25) is 11.9 Å². The van der Waals surface area contributed by atoms with Crippen molar-refractivity contribution in [2.75, 3.05) is 6.61 Å². The fourth-order valence-electron chi connectivity index (χ4n) is 2.34. The van der Waals surface area contributed by atoms with E-state index in [0.717, 1.165) is 6.92 Å². The lowest BCUT2D eigenvalue weighted by Crippen LogP contribution is -2.68. The van der Waals surface area contributed by atoms with Crippen molar-refractivity contribution in [2.24, 2.45) is 0 Å². The fraction of sp³-hybridized carbons (Fsp3) is 0.818. The van der Waals surface area contributed by atoms with Crippen LogP contribution in [0.1, 0.15) is 13.3 Å². The highest BCUT2D eigenvalue weighted by molar-refractivity contribution is 5.76. The first kappa shape index (κ1) is 19.2. The maximum atomic E-state index is 11.2. The molecule has 1 amide bonds. The summed E-state index contributed by atoms with van der Waals surface area (Å²) in [5.41, 5.74) is 0. The molecule has 0 saturated carbocycles. The summed E-state index contributed by atoms with van der Waals surface area (Å²) in [5.74, 6) is -5.66. The third kappa shape index (κ3) is 4.11. The summed E-state index contributed by atoms with van der Waals surface area (Å²) in [4.78, 5) is 32.6. The van der Waals surface area contributed by atoms with E-state index in [-0.39, 0.29) is 0 Å². The van der Waals surface area contributed by atoms with Gasteiger partial charge < -0.3 is 35.6 Å². The van der Waals surface area contributed by atoms with E-state index >= 15 is 0 Å². The lowest BCUT2D eigenvalue weighted by Gasteiger charge is -2.42. The number of aliphatic hydroxyl groups is 4. The number of nitrogens with one attached hydrogen (secondary N) is 1. The van der Waals surface area contributed by atoms with Gasteiger partial charge >= 0.3 is 5.97 Å². The molecule has 0 aliphatic carbocycles.